The maximum absolute atomic E-state index is 12.6. The van der Waals surface area contributed by atoms with E-state index in [1.54, 1.807) is 0 Å². The summed E-state index contributed by atoms with van der Waals surface area (Å²) in [5, 5.41) is 12.4. The summed E-state index contributed by atoms with van der Waals surface area (Å²) in [5.74, 6) is -2.07. The molecular formula is C17H19NO3. The summed E-state index contributed by atoms with van der Waals surface area (Å²) in [7, 11) is 0. The fraction of sp³-hybridized carbons (Fsp3) is 0.412. The Morgan fingerprint density at radius 2 is 1.71 bits per heavy atom. The number of para-hydroxylation sites is 1. The van der Waals surface area contributed by atoms with Crippen molar-refractivity contribution in [2.24, 2.45) is 23.7 Å². The maximum Gasteiger partial charge on any atom is 0.307 e. The van der Waals surface area contributed by atoms with E-state index in [4.69, 9.17) is 0 Å². The molecule has 1 amide bonds. The third-order valence-electron chi connectivity index (χ3n) is 4.74. The topological polar surface area (TPSA) is 66.4 Å². The van der Waals surface area contributed by atoms with E-state index in [0.29, 0.717) is 0 Å². The number of anilines is 1. The number of carbonyl (C=O) groups excluding carboxylic acids is 1. The number of carboxylic acids is 1. The molecule has 0 spiro atoms. The molecule has 3 aliphatic rings. The zero-order chi connectivity index (χ0) is 15.0. The molecule has 2 bridgehead atoms. The van der Waals surface area contributed by atoms with Gasteiger partial charge >= 0.3 is 5.97 Å². The van der Waals surface area contributed by atoms with E-state index in [0.717, 1.165) is 24.1 Å². The van der Waals surface area contributed by atoms with E-state index < -0.39 is 17.8 Å². The Morgan fingerprint density at radius 3 is 2.29 bits per heavy atom. The predicted octanol–water partition coefficient (Wildman–Crippen LogP) is 2.85. The summed E-state index contributed by atoms with van der Waals surface area (Å²) in [5.41, 5.74) is 1.74. The number of carboxylic acid groups (broad SMARTS) is 1. The second-order valence-corrected chi connectivity index (χ2v) is 5.98. The molecule has 0 aromatic heterocycles. The first-order chi connectivity index (χ1) is 10.1. The summed E-state index contributed by atoms with van der Waals surface area (Å²) < 4.78 is 0. The Bertz CT molecular complexity index is 608. The maximum atomic E-state index is 12.6. The average molecular weight is 285 g/mol. The van der Waals surface area contributed by atoms with Gasteiger partial charge < -0.3 is 10.4 Å². The molecule has 4 rings (SSSR count). The fourth-order valence-electron chi connectivity index (χ4n) is 3.62. The minimum Gasteiger partial charge on any atom is -0.481 e. The van der Waals surface area contributed by atoms with E-state index in [1.165, 1.54) is 0 Å². The molecule has 1 aromatic rings. The normalized spacial score (nSPS) is 30.1. The van der Waals surface area contributed by atoms with Gasteiger partial charge in [-0.05, 0) is 43.2 Å². The third kappa shape index (κ3) is 2.46. The highest BCUT2D eigenvalue weighted by molar-refractivity contribution is 5.96. The second kappa shape index (κ2) is 5.35. The number of carbonyl (C=O) groups is 2. The lowest BCUT2D eigenvalue weighted by atomic mass is 9.62. The molecule has 0 radical (unpaired) electrons. The van der Waals surface area contributed by atoms with Crippen LogP contribution in [0, 0.1) is 30.6 Å². The summed E-state index contributed by atoms with van der Waals surface area (Å²) in [6.45, 7) is 1.93. The molecule has 4 heteroatoms. The first-order valence-corrected chi connectivity index (χ1v) is 7.35. The van der Waals surface area contributed by atoms with Gasteiger partial charge in [0.15, 0.2) is 0 Å². The van der Waals surface area contributed by atoms with Crippen LogP contribution in [0.15, 0.2) is 36.4 Å². The van der Waals surface area contributed by atoms with E-state index >= 15 is 0 Å². The first-order valence-electron chi connectivity index (χ1n) is 7.35. The van der Waals surface area contributed by atoms with Crippen LogP contribution in [0.4, 0.5) is 5.69 Å². The van der Waals surface area contributed by atoms with Gasteiger partial charge in [-0.3, -0.25) is 9.59 Å². The molecule has 0 heterocycles. The summed E-state index contributed by atoms with van der Waals surface area (Å²) in [6.07, 6.45) is 5.77. The molecule has 110 valence electrons. The highest BCUT2D eigenvalue weighted by atomic mass is 16.4. The van der Waals surface area contributed by atoms with Crippen molar-refractivity contribution in [1.29, 1.82) is 0 Å². The van der Waals surface area contributed by atoms with Crippen molar-refractivity contribution < 1.29 is 14.7 Å². The number of aliphatic carboxylic acids is 1. The van der Waals surface area contributed by atoms with Crippen LogP contribution in [-0.2, 0) is 9.59 Å². The molecule has 4 unspecified atom stereocenters. The molecule has 2 N–H and O–H groups in total. The summed E-state index contributed by atoms with van der Waals surface area (Å²) in [4.78, 5) is 24.2. The SMILES string of the molecule is Cc1ccccc1NC(=O)C1C2C=CC(CC2)C1C(=O)O. The number of hydrogen-bond acceptors (Lipinski definition) is 2. The van der Waals surface area contributed by atoms with Crippen LogP contribution >= 0.6 is 0 Å². The standard InChI is InChI=1S/C17H19NO3/c1-10-4-2-3-5-13(10)18-16(19)14-11-6-8-12(9-7-11)15(14)17(20)21/h2-6,8,11-12,14-15H,7,9H2,1H3,(H,18,19)(H,20,21). The number of rotatable bonds is 3. The molecule has 1 aromatic carbocycles. The molecule has 0 saturated heterocycles. The van der Waals surface area contributed by atoms with Crippen LogP contribution in [0.3, 0.4) is 0 Å². The van der Waals surface area contributed by atoms with Crippen molar-refractivity contribution >= 4 is 17.6 Å². The van der Waals surface area contributed by atoms with Gasteiger partial charge in [-0.15, -0.1) is 0 Å². The number of benzene rings is 1. The minimum atomic E-state index is -0.862. The lowest BCUT2D eigenvalue weighted by molar-refractivity contribution is -0.151. The number of hydrogen-bond donors (Lipinski definition) is 2. The molecule has 0 aliphatic heterocycles. The van der Waals surface area contributed by atoms with Gasteiger partial charge in [0.2, 0.25) is 5.91 Å². The number of aryl methyl sites for hydroxylation is 1. The lowest BCUT2D eigenvalue weighted by Crippen LogP contribution is -2.47. The highest BCUT2D eigenvalue weighted by Gasteiger charge is 2.48. The van der Waals surface area contributed by atoms with Crippen LogP contribution in [0.5, 0.6) is 0 Å². The first kappa shape index (κ1) is 13.9. The van der Waals surface area contributed by atoms with Gasteiger partial charge in [0.1, 0.15) is 0 Å². The minimum absolute atomic E-state index is 0.0138. The van der Waals surface area contributed by atoms with E-state index in [-0.39, 0.29) is 17.7 Å². The zero-order valence-electron chi connectivity index (χ0n) is 12.0. The van der Waals surface area contributed by atoms with Crippen LogP contribution in [0.2, 0.25) is 0 Å². The van der Waals surface area contributed by atoms with Gasteiger partial charge in [0.05, 0.1) is 11.8 Å². The number of allylic oxidation sites excluding steroid dienone is 2. The number of fused-ring (bicyclic) bond motifs is 2. The van der Waals surface area contributed by atoms with Crippen molar-refractivity contribution in [3.63, 3.8) is 0 Å². The highest BCUT2D eigenvalue weighted by Crippen LogP contribution is 2.45. The molecule has 3 aliphatic carbocycles. The molecule has 4 nitrogen and oxygen atoms in total. The Morgan fingerprint density at radius 1 is 1.10 bits per heavy atom. The number of nitrogens with one attached hydrogen (secondary N) is 1. The average Bonchev–Trinajstić information content (AvgIpc) is 2.49. The Labute approximate surface area is 123 Å². The van der Waals surface area contributed by atoms with E-state index in [2.05, 4.69) is 5.32 Å². The molecule has 21 heavy (non-hydrogen) atoms. The second-order valence-electron chi connectivity index (χ2n) is 5.98. The van der Waals surface area contributed by atoms with Crippen molar-refractivity contribution in [3.8, 4) is 0 Å². The Kier molecular flexibility index (Phi) is 3.53. The molecule has 1 fully saturated rings. The fourth-order valence-corrected chi connectivity index (χ4v) is 3.62. The van der Waals surface area contributed by atoms with Crippen molar-refractivity contribution in [1.82, 2.24) is 0 Å². The van der Waals surface area contributed by atoms with Gasteiger partial charge in [-0.25, -0.2) is 0 Å². The Balaban J connectivity index is 1.85. The van der Waals surface area contributed by atoms with Crippen molar-refractivity contribution in [2.75, 3.05) is 5.32 Å². The van der Waals surface area contributed by atoms with Gasteiger partial charge in [0, 0.05) is 5.69 Å². The van der Waals surface area contributed by atoms with Crippen molar-refractivity contribution in [2.45, 2.75) is 19.8 Å². The van der Waals surface area contributed by atoms with Crippen LogP contribution < -0.4 is 5.32 Å². The monoisotopic (exact) mass is 285 g/mol. The van der Waals surface area contributed by atoms with Crippen LogP contribution in [0.1, 0.15) is 18.4 Å². The van der Waals surface area contributed by atoms with E-state index in [9.17, 15) is 14.7 Å². The molecule has 4 atom stereocenters. The predicted molar refractivity (Wildman–Crippen MR) is 79.8 cm³/mol. The van der Waals surface area contributed by atoms with Gasteiger partial charge in [0.25, 0.3) is 0 Å². The quantitative estimate of drug-likeness (QED) is 0.839. The smallest absolute Gasteiger partial charge is 0.307 e. The molecular weight excluding hydrogens is 266 g/mol. The van der Waals surface area contributed by atoms with Crippen LogP contribution in [-0.4, -0.2) is 17.0 Å². The zero-order valence-corrected chi connectivity index (χ0v) is 12.0. The lowest BCUT2D eigenvalue weighted by Gasteiger charge is -2.41. The molecule has 1 saturated carbocycles. The van der Waals surface area contributed by atoms with E-state index in [1.807, 2.05) is 43.3 Å². The number of amides is 1. The van der Waals surface area contributed by atoms with Crippen molar-refractivity contribution in [3.05, 3.63) is 42.0 Å². The summed E-state index contributed by atoms with van der Waals surface area (Å²) >= 11 is 0. The van der Waals surface area contributed by atoms with Gasteiger partial charge in [-0.2, -0.15) is 0 Å². The third-order valence-corrected chi connectivity index (χ3v) is 4.74. The Hall–Kier alpha value is -2.10. The largest absolute Gasteiger partial charge is 0.481 e. The van der Waals surface area contributed by atoms with Crippen LogP contribution in [0.25, 0.3) is 0 Å². The van der Waals surface area contributed by atoms with Gasteiger partial charge in [-0.1, -0.05) is 30.4 Å². The summed E-state index contributed by atoms with van der Waals surface area (Å²) in [6, 6.07) is 7.55.